The van der Waals surface area contributed by atoms with Gasteiger partial charge in [-0.05, 0) is 61.3 Å². The normalized spacial score (nSPS) is 20.7. The minimum Gasteiger partial charge on any atom is -0.356 e. The van der Waals surface area contributed by atoms with E-state index in [-0.39, 0.29) is 23.4 Å². The first-order valence-electron chi connectivity index (χ1n) is 13.5. The molecule has 0 unspecified atom stereocenters. The van der Waals surface area contributed by atoms with Gasteiger partial charge in [0.1, 0.15) is 5.82 Å². The summed E-state index contributed by atoms with van der Waals surface area (Å²) in [6, 6.07) is 17.5. The van der Waals surface area contributed by atoms with Gasteiger partial charge in [0.25, 0.3) is 5.91 Å². The van der Waals surface area contributed by atoms with Gasteiger partial charge in [-0.25, -0.2) is 4.39 Å². The average molecular weight is 522 g/mol. The average Bonchev–Trinajstić information content (AvgIpc) is 3.25. The summed E-state index contributed by atoms with van der Waals surface area (Å²) in [6.45, 7) is 7.63. The van der Waals surface area contributed by atoms with Crippen LogP contribution in [-0.2, 0) is 0 Å². The second kappa shape index (κ2) is 9.27. The Balaban J connectivity index is 0.921. The van der Waals surface area contributed by atoms with Crippen LogP contribution in [0.25, 0.3) is 22.1 Å². The molecular formula is C32H28FN3O3. The molecule has 2 heterocycles. The molecule has 39 heavy (non-hydrogen) atoms. The molecule has 1 saturated heterocycles. The molecule has 2 aliphatic carbocycles. The van der Waals surface area contributed by atoms with E-state index < -0.39 is 0 Å². The third-order valence-electron chi connectivity index (χ3n) is 8.69. The van der Waals surface area contributed by atoms with Gasteiger partial charge in [0.15, 0.2) is 11.4 Å². The van der Waals surface area contributed by atoms with E-state index in [4.69, 9.17) is 4.52 Å². The van der Waals surface area contributed by atoms with Gasteiger partial charge in [-0.15, -0.1) is 0 Å². The number of hydrogen-bond acceptors (Lipinski definition) is 5. The number of fused-ring (bicyclic) bond motifs is 4. The number of rotatable bonds is 6. The fraction of sp³-hybridized carbons (Fsp3) is 0.281. The van der Waals surface area contributed by atoms with Gasteiger partial charge in [0.05, 0.1) is 5.69 Å². The number of likely N-dealkylation sites (tertiary alicyclic amines) is 1. The molecule has 7 rings (SSSR count). The molecule has 1 aliphatic heterocycles. The molecule has 7 heteroatoms. The minimum absolute atomic E-state index is 0.0275. The van der Waals surface area contributed by atoms with Crippen LogP contribution in [-0.4, -0.2) is 47.9 Å². The number of aromatic nitrogens is 1. The molecule has 1 saturated carbocycles. The van der Waals surface area contributed by atoms with E-state index in [9.17, 15) is 14.0 Å². The first kappa shape index (κ1) is 24.0. The van der Waals surface area contributed by atoms with E-state index in [1.54, 1.807) is 18.2 Å². The Hall–Kier alpha value is -4.10. The topological polar surface area (TPSA) is 75.4 Å². The van der Waals surface area contributed by atoms with Crippen molar-refractivity contribution in [1.29, 1.82) is 0 Å². The van der Waals surface area contributed by atoms with Crippen LogP contribution in [0.3, 0.4) is 0 Å². The number of piperidine rings is 1. The van der Waals surface area contributed by atoms with Crippen molar-refractivity contribution in [2.45, 2.75) is 18.8 Å². The SMILES string of the molecule is C=C1[C@H](CNC(=O)c2ccc3c(c2)C(=O)c2ccccc2-3)[C@H]1CN1CCC(c2noc3cc(F)ccc23)CC1. The van der Waals surface area contributed by atoms with Crippen LogP contribution in [0.15, 0.2) is 77.3 Å². The van der Waals surface area contributed by atoms with Gasteiger partial charge in [0, 0.05) is 59.0 Å². The van der Waals surface area contributed by atoms with Crippen molar-refractivity contribution < 1.29 is 18.5 Å². The maximum Gasteiger partial charge on any atom is 0.251 e. The van der Waals surface area contributed by atoms with Gasteiger partial charge < -0.3 is 14.7 Å². The van der Waals surface area contributed by atoms with Gasteiger partial charge in [0.2, 0.25) is 0 Å². The Kier molecular flexibility index (Phi) is 5.70. The first-order chi connectivity index (χ1) is 19.0. The van der Waals surface area contributed by atoms with Crippen LogP contribution >= 0.6 is 0 Å². The molecule has 0 spiro atoms. The van der Waals surface area contributed by atoms with E-state index in [2.05, 4.69) is 22.0 Å². The molecule has 0 radical (unpaired) electrons. The number of nitrogens with one attached hydrogen (secondary N) is 1. The van der Waals surface area contributed by atoms with E-state index in [0.717, 1.165) is 54.7 Å². The molecule has 1 amide bonds. The molecule has 1 aromatic heterocycles. The zero-order valence-corrected chi connectivity index (χ0v) is 21.5. The maximum absolute atomic E-state index is 13.5. The quantitative estimate of drug-likeness (QED) is 0.295. The predicted molar refractivity (Wildman–Crippen MR) is 146 cm³/mol. The minimum atomic E-state index is -0.316. The predicted octanol–water partition coefficient (Wildman–Crippen LogP) is 5.59. The lowest BCUT2D eigenvalue weighted by atomic mass is 9.91. The van der Waals surface area contributed by atoms with Crippen LogP contribution in [0, 0.1) is 17.7 Å². The Morgan fingerprint density at radius 1 is 1.00 bits per heavy atom. The lowest BCUT2D eigenvalue weighted by Crippen LogP contribution is -2.35. The summed E-state index contributed by atoms with van der Waals surface area (Å²) >= 11 is 0. The van der Waals surface area contributed by atoms with Crippen molar-refractivity contribution in [1.82, 2.24) is 15.4 Å². The highest BCUT2D eigenvalue weighted by molar-refractivity contribution is 6.22. The van der Waals surface area contributed by atoms with E-state index >= 15 is 0 Å². The highest BCUT2D eigenvalue weighted by atomic mass is 19.1. The Morgan fingerprint density at radius 3 is 2.59 bits per heavy atom. The zero-order chi connectivity index (χ0) is 26.7. The van der Waals surface area contributed by atoms with E-state index in [1.807, 2.05) is 30.3 Å². The molecule has 2 atom stereocenters. The third-order valence-corrected chi connectivity index (χ3v) is 8.69. The molecule has 4 aromatic rings. The first-order valence-corrected chi connectivity index (χ1v) is 13.5. The van der Waals surface area contributed by atoms with Gasteiger partial charge in [-0.3, -0.25) is 9.59 Å². The Labute approximate surface area is 225 Å². The van der Waals surface area contributed by atoms with E-state index in [1.165, 1.54) is 17.7 Å². The zero-order valence-electron chi connectivity index (χ0n) is 21.5. The Morgan fingerprint density at radius 2 is 1.77 bits per heavy atom. The summed E-state index contributed by atoms with van der Waals surface area (Å²) in [5.41, 5.74) is 6.21. The van der Waals surface area contributed by atoms with Crippen LogP contribution in [0.4, 0.5) is 4.39 Å². The number of nitrogens with zero attached hydrogens (tertiary/aromatic N) is 2. The summed E-state index contributed by atoms with van der Waals surface area (Å²) in [5.74, 6) is 0.428. The lowest BCUT2D eigenvalue weighted by molar-refractivity contribution is 0.0951. The molecule has 3 aromatic carbocycles. The summed E-state index contributed by atoms with van der Waals surface area (Å²) in [7, 11) is 0. The number of hydrogen-bond donors (Lipinski definition) is 1. The second-order valence-corrected chi connectivity index (χ2v) is 10.9. The highest BCUT2D eigenvalue weighted by Gasteiger charge is 2.43. The summed E-state index contributed by atoms with van der Waals surface area (Å²) in [4.78, 5) is 28.2. The van der Waals surface area contributed by atoms with Crippen molar-refractivity contribution in [2.75, 3.05) is 26.2 Å². The highest BCUT2D eigenvalue weighted by Crippen LogP contribution is 2.45. The number of ketones is 1. The maximum atomic E-state index is 13.5. The van der Waals surface area contributed by atoms with Crippen LogP contribution in [0.1, 0.15) is 50.7 Å². The van der Waals surface area contributed by atoms with Gasteiger partial charge in [-0.1, -0.05) is 47.6 Å². The standard InChI is InChI=1S/C32H28FN3O3/c1-18-27(16-34-32(38)20-6-8-23-22-4-2-3-5-24(22)31(37)26(23)14-20)28(18)17-36-12-10-19(11-13-36)30-25-9-7-21(33)15-29(25)39-35-30/h2-9,14-15,19,27-28H,1,10-13,16-17H2,(H,34,38)/t27-,28-/m0/s1. The van der Waals surface area contributed by atoms with Gasteiger partial charge >= 0.3 is 0 Å². The monoisotopic (exact) mass is 521 g/mol. The Bertz CT molecular complexity index is 1650. The fourth-order valence-corrected chi connectivity index (χ4v) is 6.33. The summed E-state index contributed by atoms with van der Waals surface area (Å²) in [5, 5.41) is 8.21. The number of carbonyl (C=O) groups excluding carboxylic acids is 2. The van der Waals surface area contributed by atoms with Crippen LogP contribution in [0.5, 0.6) is 0 Å². The molecule has 0 bridgehead atoms. The van der Waals surface area contributed by atoms with Crippen LogP contribution in [0.2, 0.25) is 0 Å². The summed E-state index contributed by atoms with van der Waals surface area (Å²) in [6.07, 6.45) is 1.95. The molecule has 196 valence electrons. The largest absolute Gasteiger partial charge is 0.356 e. The van der Waals surface area contributed by atoms with Crippen molar-refractivity contribution in [3.8, 4) is 11.1 Å². The van der Waals surface area contributed by atoms with Crippen LogP contribution < -0.4 is 5.32 Å². The van der Waals surface area contributed by atoms with Crippen molar-refractivity contribution in [3.05, 3.63) is 101 Å². The number of amides is 1. The molecular weight excluding hydrogens is 493 g/mol. The third kappa shape index (κ3) is 4.17. The molecule has 6 nitrogen and oxygen atoms in total. The van der Waals surface area contributed by atoms with Crippen molar-refractivity contribution in [3.63, 3.8) is 0 Å². The summed E-state index contributed by atoms with van der Waals surface area (Å²) < 4.78 is 18.9. The van der Waals surface area contributed by atoms with Gasteiger partial charge in [-0.2, -0.15) is 0 Å². The second-order valence-electron chi connectivity index (χ2n) is 10.9. The number of benzene rings is 3. The van der Waals surface area contributed by atoms with Crippen molar-refractivity contribution in [2.24, 2.45) is 11.8 Å². The smallest absolute Gasteiger partial charge is 0.251 e. The van der Waals surface area contributed by atoms with Crippen molar-refractivity contribution >= 4 is 22.7 Å². The molecule has 1 N–H and O–H groups in total. The lowest BCUT2D eigenvalue weighted by Gasteiger charge is -2.31. The number of halogens is 1. The molecule has 2 fully saturated rings. The van der Waals surface area contributed by atoms with E-state index in [0.29, 0.717) is 40.7 Å². The number of carbonyl (C=O) groups is 2. The molecule has 3 aliphatic rings. The fourth-order valence-electron chi connectivity index (χ4n) is 6.33.